The molecule has 0 spiro atoms. The lowest BCUT2D eigenvalue weighted by Crippen LogP contribution is -2.24. The van der Waals surface area contributed by atoms with Gasteiger partial charge in [0.2, 0.25) is 11.8 Å². The Bertz CT molecular complexity index is 952. The molecule has 3 aromatic rings. The van der Waals surface area contributed by atoms with Crippen LogP contribution >= 0.6 is 0 Å². The number of rotatable bonds is 6. The number of amides is 1. The predicted octanol–water partition coefficient (Wildman–Crippen LogP) is 3.44. The van der Waals surface area contributed by atoms with Crippen LogP contribution in [0.25, 0.3) is 0 Å². The summed E-state index contributed by atoms with van der Waals surface area (Å²) in [4.78, 5) is 20.8. The summed E-state index contributed by atoms with van der Waals surface area (Å²) >= 11 is 0. The topological polar surface area (TPSA) is 62.5 Å². The molecule has 1 fully saturated rings. The van der Waals surface area contributed by atoms with Crippen LogP contribution < -0.4 is 9.80 Å². The zero-order valence-electron chi connectivity index (χ0n) is 16.2. The van der Waals surface area contributed by atoms with Crippen LogP contribution in [0.15, 0.2) is 59.1 Å². The van der Waals surface area contributed by atoms with Crippen LogP contribution in [0.5, 0.6) is 0 Å². The fourth-order valence-electron chi connectivity index (χ4n) is 3.51. The largest absolute Gasteiger partial charge is 0.378 e. The van der Waals surface area contributed by atoms with E-state index in [0.29, 0.717) is 31.1 Å². The SMILES string of the molecule is CN(C)c1cccc(CCc2nc(C3CC(=O)N(c4ccccc4)C3)no2)c1. The van der Waals surface area contributed by atoms with E-state index in [1.807, 2.05) is 44.4 Å². The molecule has 2 heterocycles. The molecule has 1 aromatic heterocycles. The van der Waals surface area contributed by atoms with Gasteiger partial charge in [-0.15, -0.1) is 0 Å². The number of para-hydroxylation sites is 1. The highest BCUT2D eigenvalue weighted by atomic mass is 16.5. The van der Waals surface area contributed by atoms with Gasteiger partial charge in [-0.1, -0.05) is 35.5 Å². The van der Waals surface area contributed by atoms with E-state index in [1.54, 1.807) is 4.90 Å². The fourth-order valence-corrected chi connectivity index (χ4v) is 3.51. The highest BCUT2D eigenvalue weighted by molar-refractivity contribution is 5.96. The van der Waals surface area contributed by atoms with E-state index in [1.165, 1.54) is 11.3 Å². The van der Waals surface area contributed by atoms with Gasteiger partial charge < -0.3 is 14.3 Å². The minimum atomic E-state index is -0.0257. The third kappa shape index (κ3) is 3.91. The average molecular weight is 376 g/mol. The molecule has 0 aliphatic carbocycles. The minimum Gasteiger partial charge on any atom is -0.378 e. The van der Waals surface area contributed by atoms with Crippen molar-refractivity contribution in [3.63, 3.8) is 0 Å². The van der Waals surface area contributed by atoms with Crippen molar-refractivity contribution in [1.29, 1.82) is 0 Å². The molecule has 0 saturated carbocycles. The van der Waals surface area contributed by atoms with Crippen molar-refractivity contribution in [3.05, 3.63) is 71.9 Å². The van der Waals surface area contributed by atoms with Gasteiger partial charge in [0.15, 0.2) is 5.82 Å². The molecular formula is C22H24N4O2. The average Bonchev–Trinajstić information content (AvgIpc) is 3.34. The van der Waals surface area contributed by atoms with Gasteiger partial charge in [0.1, 0.15) is 0 Å². The van der Waals surface area contributed by atoms with Gasteiger partial charge >= 0.3 is 0 Å². The maximum atomic E-state index is 12.4. The molecule has 1 aliphatic rings. The maximum absolute atomic E-state index is 12.4. The molecule has 6 heteroatoms. The molecular weight excluding hydrogens is 352 g/mol. The summed E-state index contributed by atoms with van der Waals surface area (Å²) in [5.74, 6) is 1.32. The van der Waals surface area contributed by atoms with Crippen LogP contribution in [-0.2, 0) is 17.6 Å². The molecule has 2 aromatic carbocycles. The number of carbonyl (C=O) groups excluding carboxylic acids is 1. The van der Waals surface area contributed by atoms with Crippen LogP contribution in [0.1, 0.15) is 29.6 Å². The Morgan fingerprint density at radius 2 is 1.93 bits per heavy atom. The summed E-state index contributed by atoms with van der Waals surface area (Å²) in [7, 11) is 4.07. The number of carbonyl (C=O) groups is 1. The number of nitrogens with zero attached hydrogens (tertiary/aromatic N) is 4. The van der Waals surface area contributed by atoms with Gasteiger partial charge in [-0.3, -0.25) is 4.79 Å². The fraction of sp³-hybridized carbons (Fsp3) is 0.318. The van der Waals surface area contributed by atoms with Crippen molar-refractivity contribution in [1.82, 2.24) is 10.1 Å². The second kappa shape index (κ2) is 7.84. The standard InChI is InChI=1S/C22H24N4O2/c1-25(2)19-10-6-7-16(13-19)11-12-20-23-22(24-28-20)17-14-21(27)26(15-17)18-8-4-3-5-9-18/h3-10,13,17H,11-12,14-15H2,1-2H3. The van der Waals surface area contributed by atoms with Crippen LogP contribution in [0.4, 0.5) is 11.4 Å². The molecule has 4 rings (SSSR count). The second-order valence-corrected chi connectivity index (χ2v) is 7.35. The molecule has 6 nitrogen and oxygen atoms in total. The third-order valence-electron chi connectivity index (χ3n) is 5.10. The molecule has 1 aliphatic heterocycles. The number of anilines is 2. The lowest BCUT2D eigenvalue weighted by atomic mass is 10.1. The molecule has 0 N–H and O–H groups in total. The lowest BCUT2D eigenvalue weighted by Gasteiger charge is -2.15. The van der Waals surface area contributed by atoms with Crippen molar-refractivity contribution in [2.24, 2.45) is 0 Å². The summed E-state index contributed by atoms with van der Waals surface area (Å²) in [6, 6.07) is 18.1. The Morgan fingerprint density at radius 1 is 1.11 bits per heavy atom. The van der Waals surface area contributed by atoms with Gasteiger partial charge in [0.25, 0.3) is 0 Å². The summed E-state index contributed by atoms with van der Waals surface area (Å²) in [6.07, 6.45) is 1.94. The number of hydrogen-bond acceptors (Lipinski definition) is 5. The van der Waals surface area contributed by atoms with E-state index in [0.717, 1.165) is 12.1 Å². The van der Waals surface area contributed by atoms with Gasteiger partial charge in [0.05, 0.1) is 0 Å². The Hall–Kier alpha value is -3.15. The van der Waals surface area contributed by atoms with Crippen LogP contribution in [0.2, 0.25) is 0 Å². The van der Waals surface area contributed by atoms with E-state index in [4.69, 9.17) is 4.52 Å². The molecule has 1 atom stereocenters. The lowest BCUT2D eigenvalue weighted by molar-refractivity contribution is -0.117. The van der Waals surface area contributed by atoms with E-state index in [2.05, 4.69) is 39.3 Å². The first-order valence-corrected chi connectivity index (χ1v) is 9.54. The zero-order valence-corrected chi connectivity index (χ0v) is 16.2. The van der Waals surface area contributed by atoms with Gasteiger partial charge in [-0.05, 0) is 36.2 Å². The highest BCUT2D eigenvalue weighted by Crippen LogP contribution is 2.30. The first-order valence-electron chi connectivity index (χ1n) is 9.54. The Kier molecular flexibility index (Phi) is 5.10. The van der Waals surface area contributed by atoms with Crippen LogP contribution in [0, 0.1) is 0 Å². The summed E-state index contributed by atoms with van der Waals surface area (Å²) in [5, 5.41) is 4.15. The molecule has 1 amide bonds. The number of aryl methyl sites for hydroxylation is 2. The second-order valence-electron chi connectivity index (χ2n) is 7.35. The van der Waals surface area contributed by atoms with Crippen molar-refractivity contribution < 1.29 is 9.32 Å². The summed E-state index contributed by atoms with van der Waals surface area (Å²) in [6.45, 7) is 0.590. The highest BCUT2D eigenvalue weighted by Gasteiger charge is 2.34. The molecule has 144 valence electrons. The molecule has 0 radical (unpaired) electrons. The van der Waals surface area contributed by atoms with Crippen molar-refractivity contribution in [2.45, 2.75) is 25.2 Å². The first kappa shape index (κ1) is 18.2. The quantitative estimate of drug-likeness (QED) is 0.659. The number of hydrogen-bond donors (Lipinski definition) is 0. The predicted molar refractivity (Wildman–Crippen MR) is 109 cm³/mol. The minimum absolute atomic E-state index is 0.0257. The smallest absolute Gasteiger partial charge is 0.227 e. The van der Waals surface area contributed by atoms with E-state index in [-0.39, 0.29) is 11.8 Å². The van der Waals surface area contributed by atoms with Crippen LogP contribution in [0.3, 0.4) is 0 Å². The van der Waals surface area contributed by atoms with Gasteiger partial charge in [-0.25, -0.2) is 0 Å². The Morgan fingerprint density at radius 3 is 2.71 bits per heavy atom. The van der Waals surface area contributed by atoms with Gasteiger partial charge in [-0.2, -0.15) is 4.98 Å². The van der Waals surface area contributed by atoms with Crippen LogP contribution in [-0.4, -0.2) is 36.7 Å². The zero-order chi connectivity index (χ0) is 19.5. The number of aromatic nitrogens is 2. The molecule has 28 heavy (non-hydrogen) atoms. The van der Waals surface area contributed by atoms with E-state index < -0.39 is 0 Å². The van der Waals surface area contributed by atoms with E-state index in [9.17, 15) is 4.79 Å². The molecule has 1 unspecified atom stereocenters. The normalized spacial score (nSPS) is 16.6. The van der Waals surface area contributed by atoms with Crippen molar-refractivity contribution >= 4 is 17.3 Å². The first-order chi connectivity index (χ1) is 13.6. The van der Waals surface area contributed by atoms with E-state index >= 15 is 0 Å². The number of benzene rings is 2. The third-order valence-corrected chi connectivity index (χ3v) is 5.10. The van der Waals surface area contributed by atoms with Gasteiger partial charge in [0, 0.05) is 50.8 Å². The van der Waals surface area contributed by atoms with Crippen molar-refractivity contribution in [3.8, 4) is 0 Å². The maximum Gasteiger partial charge on any atom is 0.227 e. The monoisotopic (exact) mass is 376 g/mol. The Balaban J connectivity index is 1.40. The molecule has 0 bridgehead atoms. The molecule has 1 saturated heterocycles. The summed E-state index contributed by atoms with van der Waals surface area (Å²) in [5.41, 5.74) is 3.32. The Labute approximate surface area is 164 Å². The van der Waals surface area contributed by atoms with Crippen molar-refractivity contribution in [2.75, 3.05) is 30.4 Å². The summed E-state index contributed by atoms with van der Waals surface area (Å²) < 4.78 is 5.45.